The van der Waals surface area contributed by atoms with Crippen LogP contribution in [0, 0.1) is 13.5 Å². The molecule has 1 heterocycles. The van der Waals surface area contributed by atoms with Crippen LogP contribution in [0.3, 0.4) is 0 Å². The summed E-state index contributed by atoms with van der Waals surface area (Å²) in [5.74, 6) is -1.90. The van der Waals surface area contributed by atoms with Gasteiger partial charge in [-0.15, -0.1) is 5.73 Å². The van der Waals surface area contributed by atoms with Gasteiger partial charge in [-0.05, 0) is 66.1 Å². The molecule has 0 amide bonds. The van der Waals surface area contributed by atoms with E-state index >= 15 is 0 Å². The fourth-order valence-electron chi connectivity index (χ4n) is 3.50. The average Bonchev–Trinajstić information content (AvgIpc) is 2.82. The topological polar surface area (TPSA) is 117 Å². The van der Waals surface area contributed by atoms with E-state index in [0.717, 1.165) is 15.8 Å². The van der Waals surface area contributed by atoms with Gasteiger partial charge in [0.05, 0.1) is 17.8 Å². The summed E-state index contributed by atoms with van der Waals surface area (Å²) in [6.45, 7) is 8.69. The third kappa shape index (κ3) is 5.32. The first-order valence-electron chi connectivity index (χ1n) is 10.4. The molecule has 0 aliphatic rings. The zero-order valence-electron chi connectivity index (χ0n) is 19.3. The Bertz CT molecular complexity index is 1440. The van der Waals surface area contributed by atoms with E-state index < -0.39 is 17.4 Å². The summed E-state index contributed by atoms with van der Waals surface area (Å²) in [5.41, 5.74) is 4.42. The van der Waals surface area contributed by atoms with Gasteiger partial charge in [0.25, 0.3) is 5.56 Å². The van der Waals surface area contributed by atoms with Crippen molar-refractivity contribution in [2.45, 2.75) is 13.5 Å². The van der Waals surface area contributed by atoms with E-state index in [9.17, 15) is 19.8 Å². The highest BCUT2D eigenvalue weighted by Gasteiger charge is 2.20. The second kappa shape index (κ2) is 10.5. The standard InChI is InChI=1S/C26H23N3O6/c1-16-22(7-5-6-17-8-10-20(11-9-17)28(3)4)24(30)29(25(31)23(16)27-2)21-13-18(15-35-34)12-19(14-21)26(32)33/h6-14,31,34H,15H2,1,3-4H3,(H,32,33). The van der Waals surface area contributed by atoms with Gasteiger partial charge in [-0.1, -0.05) is 12.1 Å². The van der Waals surface area contributed by atoms with E-state index in [-0.39, 0.29) is 40.2 Å². The van der Waals surface area contributed by atoms with Crippen LogP contribution in [0.4, 0.5) is 11.4 Å². The zero-order valence-corrected chi connectivity index (χ0v) is 19.3. The van der Waals surface area contributed by atoms with Gasteiger partial charge >= 0.3 is 5.97 Å². The minimum atomic E-state index is -1.28. The van der Waals surface area contributed by atoms with Crippen LogP contribution < -0.4 is 10.5 Å². The van der Waals surface area contributed by atoms with E-state index in [1.165, 1.54) is 31.2 Å². The minimum absolute atomic E-state index is 0.00209. The van der Waals surface area contributed by atoms with Crippen molar-refractivity contribution in [2.75, 3.05) is 19.0 Å². The third-order valence-electron chi connectivity index (χ3n) is 5.33. The normalized spacial score (nSPS) is 10.3. The molecule has 178 valence electrons. The van der Waals surface area contributed by atoms with Crippen molar-refractivity contribution in [3.8, 4) is 11.6 Å². The monoisotopic (exact) mass is 473 g/mol. The van der Waals surface area contributed by atoms with E-state index in [4.69, 9.17) is 11.8 Å². The lowest BCUT2D eigenvalue weighted by Crippen LogP contribution is -2.22. The van der Waals surface area contributed by atoms with Crippen LogP contribution in [0.2, 0.25) is 0 Å². The van der Waals surface area contributed by atoms with Crippen molar-refractivity contribution in [1.82, 2.24) is 4.57 Å². The van der Waals surface area contributed by atoms with Gasteiger partial charge < -0.3 is 15.1 Å². The van der Waals surface area contributed by atoms with Gasteiger partial charge in [0.1, 0.15) is 6.61 Å². The smallest absolute Gasteiger partial charge is 0.335 e. The molecule has 0 fully saturated rings. The summed E-state index contributed by atoms with van der Waals surface area (Å²) >= 11 is 0. The molecular weight excluding hydrogens is 450 g/mol. The number of anilines is 1. The minimum Gasteiger partial charge on any atom is -0.502 e. The number of carboxylic acid groups (broad SMARTS) is 1. The van der Waals surface area contributed by atoms with Crippen molar-refractivity contribution in [3.63, 3.8) is 0 Å². The molecule has 3 rings (SSSR count). The Balaban J connectivity index is 2.19. The van der Waals surface area contributed by atoms with Gasteiger partial charge in [0.15, 0.2) is 0 Å². The lowest BCUT2D eigenvalue weighted by atomic mass is 10.1. The van der Waals surface area contributed by atoms with Gasteiger partial charge in [-0.3, -0.25) is 14.6 Å². The molecule has 0 radical (unpaired) electrons. The highest BCUT2D eigenvalue weighted by atomic mass is 17.1. The maximum atomic E-state index is 13.4. The molecule has 3 aromatic rings. The Morgan fingerprint density at radius 1 is 1.20 bits per heavy atom. The predicted octanol–water partition coefficient (Wildman–Crippen LogP) is 4.48. The SMILES string of the molecule is [C-]#[N+]c1c(C)c(C=C=Cc2ccc(N(C)C)cc2)c(=O)n(-c2cc(COO)cc(C(=O)O)c2)c1O. The molecule has 35 heavy (non-hydrogen) atoms. The molecule has 0 saturated carbocycles. The number of aromatic carboxylic acids is 1. The summed E-state index contributed by atoms with van der Waals surface area (Å²) in [6.07, 6.45) is 3.09. The first kappa shape index (κ1) is 25.0. The summed E-state index contributed by atoms with van der Waals surface area (Å²) in [6, 6.07) is 11.5. The van der Waals surface area contributed by atoms with E-state index in [1.54, 1.807) is 6.08 Å². The number of hydrogen-bond donors (Lipinski definition) is 3. The van der Waals surface area contributed by atoms with Gasteiger partial charge in [0.2, 0.25) is 11.6 Å². The number of rotatable bonds is 7. The van der Waals surface area contributed by atoms with Crippen LogP contribution >= 0.6 is 0 Å². The molecule has 0 bridgehead atoms. The number of carboxylic acids is 1. The number of pyridine rings is 1. The van der Waals surface area contributed by atoms with E-state index in [0.29, 0.717) is 0 Å². The molecule has 2 aromatic carbocycles. The van der Waals surface area contributed by atoms with Crippen molar-refractivity contribution in [3.05, 3.63) is 97.8 Å². The summed E-state index contributed by atoms with van der Waals surface area (Å²) in [5, 5.41) is 29.0. The average molecular weight is 473 g/mol. The van der Waals surface area contributed by atoms with Crippen LogP contribution in [0.15, 0.2) is 53.0 Å². The molecule has 3 N–H and O–H groups in total. The molecule has 0 saturated heterocycles. The molecule has 1 aromatic heterocycles. The Morgan fingerprint density at radius 2 is 1.89 bits per heavy atom. The van der Waals surface area contributed by atoms with E-state index in [2.05, 4.69) is 15.5 Å². The largest absolute Gasteiger partial charge is 0.502 e. The van der Waals surface area contributed by atoms with Crippen LogP contribution in [-0.4, -0.2) is 40.1 Å². The maximum absolute atomic E-state index is 13.4. The second-order valence-electron chi connectivity index (χ2n) is 7.87. The van der Waals surface area contributed by atoms with Crippen LogP contribution in [-0.2, 0) is 11.5 Å². The Hall–Kier alpha value is -4.61. The van der Waals surface area contributed by atoms with Crippen LogP contribution in [0.1, 0.15) is 32.6 Å². The third-order valence-corrected chi connectivity index (χ3v) is 5.33. The molecule has 0 spiro atoms. The highest BCUT2D eigenvalue weighted by Crippen LogP contribution is 2.33. The maximum Gasteiger partial charge on any atom is 0.335 e. The molecule has 9 nitrogen and oxygen atoms in total. The molecule has 0 atom stereocenters. The number of hydrogen-bond acceptors (Lipinski definition) is 6. The lowest BCUT2D eigenvalue weighted by Gasteiger charge is -2.15. The highest BCUT2D eigenvalue weighted by molar-refractivity contribution is 5.88. The van der Waals surface area contributed by atoms with Crippen molar-refractivity contribution in [2.24, 2.45) is 0 Å². The summed E-state index contributed by atoms with van der Waals surface area (Å²) in [7, 11) is 3.87. The predicted molar refractivity (Wildman–Crippen MR) is 132 cm³/mol. The van der Waals surface area contributed by atoms with Crippen molar-refractivity contribution < 1.29 is 25.2 Å². The number of aromatic hydroxyl groups is 1. The Labute approximate surface area is 201 Å². The molecule has 0 aliphatic carbocycles. The van der Waals surface area contributed by atoms with Crippen LogP contribution in [0.25, 0.3) is 22.7 Å². The molecule has 9 heteroatoms. The summed E-state index contributed by atoms with van der Waals surface area (Å²) < 4.78 is 0.854. The van der Waals surface area contributed by atoms with Gasteiger partial charge in [-0.25, -0.2) is 14.5 Å². The number of carbonyl (C=O) groups is 1. The fourth-order valence-corrected chi connectivity index (χ4v) is 3.50. The first-order valence-corrected chi connectivity index (χ1v) is 10.4. The fraction of sp³-hybridized carbons (Fsp3) is 0.154. The van der Waals surface area contributed by atoms with Gasteiger partial charge in [-0.2, -0.15) is 0 Å². The Morgan fingerprint density at radius 3 is 2.46 bits per heavy atom. The van der Waals surface area contributed by atoms with Crippen LogP contribution in [0.5, 0.6) is 5.88 Å². The first-order chi connectivity index (χ1) is 16.7. The van der Waals surface area contributed by atoms with E-state index in [1.807, 2.05) is 43.3 Å². The number of benzene rings is 2. The van der Waals surface area contributed by atoms with Crippen molar-refractivity contribution >= 4 is 29.5 Å². The van der Waals surface area contributed by atoms with Gasteiger partial charge in [0, 0.05) is 25.3 Å². The Kier molecular flexibility index (Phi) is 7.54. The second-order valence-corrected chi connectivity index (χ2v) is 7.87. The summed E-state index contributed by atoms with van der Waals surface area (Å²) in [4.78, 5) is 34.4. The van der Waals surface area contributed by atoms with Crippen molar-refractivity contribution in [1.29, 1.82) is 0 Å². The molecular formula is C26H23N3O6. The molecule has 0 unspecified atom stereocenters. The quantitative estimate of drug-likeness (QED) is 0.200. The lowest BCUT2D eigenvalue weighted by molar-refractivity contribution is -0.253. The number of aromatic nitrogens is 1. The number of nitrogens with zero attached hydrogens (tertiary/aromatic N) is 3. The molecule has 0 aliphatic heterocycles. The zero-order chi connectivity index (χ0) is 25.7.